The van der Waals surface area contributed by atoms with E-state index < -0.39 is 0 Å². The van der Waals surface area contributed by atoms with Crippen molar-refractivity contribution < 1.29 is 14.9 Å². The highest BCUT2D eigenvalue weighted by molar-refractivity contribution is 4.89. The van der Waals surface area contributed by atoms with Crippen molar-refractivity contribution in [2.24, 2.45) is 0 Å². The average molecular weight is 186 g/mol. The molecule has 0 saturated heterocycles. The van der Waals surface area contributed by atoms with Gasteiger partial charge in [0.05, 0.1) is 0 Å². The van der Waals surface area contributed by atoms with Gasteiger partial charge in [0.25, 0.3) is 0 Å². The molecule has 0 aliphatic rings. The highest BCUT2D eigenvalue weighted by atomic mass is 16.5. The maximum atomic E-state index is 9.12. The summed E-state index contributed by atoms with van der Waals surface area (Å²) in [6, 6.07) is 0. The summed E-state index contributed by atoms with van der Waals surface area (Å²) < 4.78 is 4.84. The summed E-state index contributed by atoms with van der Waals surface area (Å²) in [6.45, 7) is 3.93. The van der Waals surface area contributed by atoms with E-state index in [0.29, 0.717) is 12.8 Å². The lowest BCUT2D eigenvalue weighted by Crippen LogP contribution is -1.84. The molecule has 0 spiro atoms. The molecule has 0 aromatic carbocycles. The third kappa shape index (κ3) is 7.25. The van der Waals surface area contributed by atoms with Crippen LogP contribution in [-0.4, -0.2) is 10.2 Å². The minimum atomic E-state index is 0.197. The molecule has 0 fully saturated rings. The van der Waals surface area contributed by atoms with Gasteiger partial charge < -0.3 is 14.9 Å². The summed E-state index contributed by atoms with van der Waals surface area (Å²) in [5.74, 6) is 0.395. The molecule has 0 bridgehead atoms. The van der Waals surface area contributed by atoms with Crippen LogP contribution in [0, 0.1) is 0 Å². The first-order valence-electron chi connectivity index (χ1n) is 4.62. The minimum Gasteiger partial charge on any atom is -0.509 e. The van der Waals surface area contributed by atoms with E-state index in [4.69, 9.17) is 14.9 Å². The molecule has 0 unspecified atom stereocenters. The summed E-state index contributed by atoms with van der Waals surface area (Å²) in [6.07, 6.45) is 5.43. The molecule has 76 valence electrons. The Kier molecular flexibility index (Phi) is 6.88. The highest BCUT2D eigenvalue weighted by Gasteiger charge is 1.91. The van der Waals surface area contributed by atoms with Crippen molar-refractivity contribution in [2.75, 3.05) is 0 Å². The van der Waals surface area contributed by atoms with E-state index in [1.165, 1.54) is 12.5 Å². The van der Waals surface area contributed by atoms with Gasteiger partial charge in [0.1, 0.15) is 24.0 Å². The number of aliphatic hydroxyl groups excluding tert-OH is 2. The van der Waals surface area contributed by atoms with E-state index >= 15 is 0 Å². The molecule has 13 heavy (non-hydrogen) atoms. The van der Waals surface area contributed by atoms with Gasteiger partial charge >= 0.3 is 0 Å². The molecule has 0 rings (SSSR count). The summed E-state index contributed by atoms with van der Waals surface area (Å²) in [7, 11) is 0. The fourth-order valence-corrected chi connectivity index (χ4v) is 0.821. The zero-order chi connectivity index (χ0) is 10.1. The van der Waals surface area contributed by atoms with Crippen LogP contribution in [0.3, 0.4) is 0 Å². The van der Waals surface area contributed by atoms with E-state index in [1.54, 1.807) is 0 Å². The minimum absolute atomic E-state index is 0.197. The van der Waals surface area contributed by atoms with Crippen molar-refractivity contribution in [2.45, 2.75) is 39.5 Å². The SMILES string of the molecule is CCCC(O)=COC=C(O)CCC. The van der Waals surface area contributed by atoms with E-state index in [1.807, 2.05) is 13.8 Å². The van der Waals surface area contributed by atoms with Crippen molar-refractivity contribution in [3.05, 3.63) is 24.0 Å². The third-order valence-electron chi connectivity index (χ3n) is 1.42. The van der Waals surface area contributed by atoms with Crippen molar-refractivity contribution in [3.63, 3.8) is 0 Å². The van der Waals surface area contributed by atoms with Crippen LogP contribution in [0.2, 0.25) is 0 Å². The van der Waals surface area contributed by atoms with Gasteiger partial charge in [0.2, 0.25) is 0 Å². The van der Waals surface area contributed by atoms with Crippen LogP contribution in [0.25, 0.3) is 0 Å². The van der Waals surface area contributed by atoms with Crippen molar-refractivity contribution in [1.29, 1.82) is 0 Å². The van der Waals surface area contributed by atoms with Crippen molar-refractivity contribution in [3.8, 4) is 0 Å². The first kappa shape index (κ1) is 11.9. The third-order valence-corrected chi connectivity index (χ3v) is 1.42. The maximum absolute atomic E-state index is 9.12. The van der Waals surface area contributed by atoms with E-state index in [9.17, 15) is 0 Å². The Morgan fingerprint density at radius 2 is 1.38 bits per heavy atom. The molecule has 0 aliphatic heterocycles. The molecule has 0 heterocycles. The molecule has 2 N–H and O–H groups in total. The van der Waals surface area contributed by atoms with Gasteiger partial charge in [-0.25, -0.2) is 0 Å². The van der Waals surface area contributed by atoms with E-state index in [0.717, 1.165) is 12.8 Å². The fourth-order valence-electron chi connectivity index (χ4n) is 0.821. The second kappa shape index (κ2) is 7.53. The molecule has 0 saturated carbocycles. The molecule has 3 nitrogen and oxygen atoms in total. The first-order valence-corrected chi connectivity index (χ1v) is 4.62. The van der Waals surface area contributed by atoms with Gasteiger partial charge in [-0.1, -0.05) is 13.8 Å². The van der Waals surface area contributed by atoms with E-state index in [2.05, 4.69) is 0 Å². The second-order valence-corrected chi connectivity index (χ2v) is 2.85. The van der Waals surface area contributed by atoms with Crippen molar-refractivity contribution in [1.82, 2.24) is 0 Å². The normalized spacial score (nSPS) is 13.1. The summed E-state index contributed by atoms with van der Waals surface area (Å²) >= 11 is 0. The highest BCUT2D eigenvalue weighted by Crippen LogP contribution is 2.03. The van der Waals surface area contributed by atoms with Crippen LogP contribution in [0.1, 0.15) is 39.5 Å². The van der Waals surface area contributed by atoms with Crippen LogP contribution in [0.15, 0.2) is 24.0 Å². The Hall–Kier alpha value is -1.12. The zero-order valence-electron chi connectivity index (χ0n) is 8.29. The van der Waals surface area contributed by atoms with Gasteiger partial charge in [-0.2, -0.15) is 0 Å². The van der Waals surface area contributed by atoms with E-state index in [-0.39, 0.29) is 11.5 Å². The number of hydrogen-bond acceptors (Lipinski definition) is 3. The molecule has 0 amide bonds. The molecule has 3 heteroatoms. The standard InChI is InChI=1S/C10H18O3/c1-3-5-9(11)7-13-8-10(12)6-4-2/h7-8,11-12H,3-6H2,1-2H3. The zero-order valence-corrected chi connectivity index (χ0v) is 8.29. The predicted molar refractivity (Wildman–Crippen MR) is 52.3 cm³/mol. The fraction of sp³-hybridized carbons (Fsp3) is 0.600. The molecular weight excluding hydrogens is 168 g/mol. The number of allylic oxidation sites excluding steroid dienone is 2. The Labute approximate surface area is 79.3 Å². The molecule has 0 aromatic rings. The van der Waals surface area contributed by atoms with Crippen LogP contribution in [0.5, 0.6) is 0 Å². The second-order valence-electron chi connectivity index (χ2n) is 2.85. The van der Waals surface area contributed by atoms with Crippen LogP contribution >= 0.6 is 0 Å². The molecule has 0 radical (unpaired) electrons. The lowest BCUT2D eigenvalue weighted by Gasteiger charge is -1.98. The summed E-state index contributed by atoms with van der Waals surface area (Å²) in [5.41, 5.74) is 0. The largest absolute Gasteiger partial charge is 0.509 e. The van der Waals surface area contributed by atoms with Crippen LogP contribution in [-0.2, 0) is 4.74 Å². The number of ether oxygens (including phenoxy) is 1. The quantitative estimate of drug-likeness (QED) is 0.625. The molecule has 0 aromatic heterocycles. The lowest BCUT2D eigenvalue weighted by atomic mass is 10.3. The Morgan fingerprint density at radius 1 is 1.00 bits per heavy atom. The molecular formula is C10H18O3. The molecule has 0 aliphatic carbocycles. The summed E-state index contributed by atoms with van der Waals surface area (Å²) in [5, 5.41) is 18.2. The van der Waals surface area contributed by atoms with Gasteiger partial charge in [-0.05, 0) is 12.8 Å². The number of rotatable bonds is 6. The van der Waals surface area contributed by atoms with Gasteiger partial charge in [-0.15, -0.1) is 0 Å². The monoisotopic (exact) mass is 186 g/mol. The van der Waals surface area contributed by atoms with Gasteiger partial charge in [0, 0.05) is 12.8 Å². The average Bonchev–Trinajstić information content (AvgIpc) is 2.05. The smallest absolute Gasteiger partial charge is 0.128 e. The van der Waals surface area contributed by atoms with Crippen LogP contribution < -0.4 is 0 Å². The van der Waals surface area contributed by atoms with Gasteiger partial charge in [-0.3, -0.25) is 0 Å². The Balaban J connectivity index is 3.74. The first-order chi connectivity index (χ1) is 6.20. The number of hydrogen-bond donors (Lipinski definition) is 2. The Bertz CT molecular complexity index is 163. The maximum Gasteiger partial charge on any atom is 0.128 e. The Morgan fingerprint density at radius 3 is 1.69 bits per heavy atom. The lowest BCUT2D eigenvalue weighted by molar-refractivity contribution is 0.294. The predicted octanol–water partition coefficient (Wildman–Crippen LogP) is 3.40. The van der Waals surface area contributed by atoms with Crippen molar-refractivity contribution >= 4 is 0 Å². The topological polar surface area (TPSA) is 49.7 Å². The van der Waals surface area contributed by atoms with Gasteiger partial charge in [0.15, 0.2) is 0 Å². The van der Waals surface area contributed by atoms with Crippen LogP contribution in [0.4, 0.5) is 0 Å². The number of aliphatic hydroxyl groups is 2. The molecule has 0 atom stereocenters. The summed E-state index contributed by atoms with van der Waals surface area (Å²) in [4.78, 5) is 0.